The van der Waals surface area contributed by atoms with Gasteiger partial charge >= 0.3 is 0 Å². The Morgan fingerprint density at radius 2 is 1.75 bits per heavy atom. The number of thioether (sulfide) groups is 1. The van der Waals surface area contributed by atoms with Crippen LogP contribution in [0.2, 0.25) is 0 Å². The van der Waals surface area contributed by atoms with Crippen molar-refractivity contribution in [3.05, 3.63) is 0 Å². The van der Waals surface area contributed by atoms with Gasteiger partial charge in [0.15, 0.2) is 0 Å². The van der Waals surface area contributed by atoms with E-state index in [0.29, 0.717) is 0 Å². The quantitative estimate of drug-likeness (QED) is 0.713. The molecule has 1 aliphatic rings. The van der Waals surface area contributed by atoms with Crippen molar-refractivity contribution >= 4 is 11.8 Å². The van der Waals surface area contributed by atoms with Crippen LogP contribution in [-0.4, -0.2) is 24.6 Å². The summed E-state index contributed by atoms with van der Waals surface area (Å²) in [7, 11) is 2.11. The van der Waals surface area contributed by atoms with Crippen LogP contribution in [0.3, 0.4) is 0 Å². The summed E-state index contributed by atoms with van der Waals surface area (Å²) in [6.45, 7) is 0. The molecule has 1 nitrogen and oxygen atoms in total. The molecule has 72 valence electrons. The average Bonchev–Trinajstić information content (AvgIpc) is 2.05. The first kappa shape index (κ1) is 10.4. The molecule has 0 bridgehead atoms. The lowest BCUT2D eigenvalue weighted by Crippen LogP contribution is -2.36. The van der Waals surface area contributed by atoms with E-state index in [-0.39, 0.29) is 0 Å². The Morgan fingerprint density at radius 3 is 2.33 bits per heavy atom. The third-order valence-corrected chi connectivity index (χ3v) is 4.05. The highest BCUT2D eigenvalue weighted by Crippen LogP contribution is 2.25. The fourth-order valence-corrected chi connectivity index (χ4v) is 3.07. The lowest BCUT2D eigenvalue weighted by atomic mass is 9.96. The van der Waals surface area contributed by atoms with Crippen LogP contribution in [0.4, 0.5) is 0 Å². The van der Waals surface area contributed by atoms with Crippen molar-refractivity contribution in [3.63, 3.8) is 0 Å². The Bertz CT molecular complexity index is 102. The smallest absolute Gasteiger partial charge is 0.0198 e. The van der Waals surface area contributed by atoms with Crippen molar-refractivity contribution in [1.29, 1.82) is 0 Å². The van der Waals surface area contributed by atoms with Crippen LogP contribution < -0.4 is 5.32 Å². The second-order valence-corrected chi connectivity index (χ2v) is 4.74. The molecular weight excluding hydrogens is 166 g/mol. The molecule has 1 saturated carbocycles. The predicted octanol–water partition coefficient (Wildman–Crippen LogP) is 2.66. The molecule has 2 heteroatoms. The Kier molecular flexibility index (Phi) is 5.08. The van der Waals surface area contributed by atoms with Gasteiger partial charge in [-0.25, -0.2) is 0 Å². The topological polar surface area (TPSA) is 12.0 Å². The Labute approximate surface area is 80.7 Å². The summed E-state index contributed by atoms with van der Waals surface area (Å²) in [5.41, 5.74) is 0. The normalized spacial score (nSPS) is 32.5. The number of hydrogen-bond donors (Lipinski definition) is 1. The molecule has 0 aliphatic heterocycles. The van der Waals surface area contributed by atoms with Crippen molar-refractivity contribution < 1.29 is 0 Å². The maximum absolute atomic E-state index is 3.45. The molecule has 0 saturated heterocycles. The van der Waals surface area contributed by atoms with Gasteiger partial charge in [0.1, 0.15) is 0 Å². The first-order valence-corrected chi connectivity index (χ1v) is 6.37. The minimum absolute atomic E-state index is 0.764. The highest BCUT2D eigenvalue weighted by atomic mass is 32.2. The lowest BCUT2D eigenvalue weighted by molar-refractivity contribution is 0.421. The first-order chi connectivity index (χ1) is 5.88. The van der Waals surface area contributed by atoms with Gasteiger partial charge in [-0.3, -0.25) is 0 Å². The van der Waals surface area contributed by atoms with Gasteiger partial charge in [0.25, 0.3) is 0 Å². The molecule has 0 heterocycles. The van der Waals surface area contributed by atoms with E-state index in [1.807, 2.05) is 11.8 Å². The molecular formula is C10H21NS. The number of rotatable bonds is 2. The predicted molar refractivity (Wildman–Crippen MR) is 57.9 cm³/mol. The molecule has 1 rings (SSSR count). The number of hydrogen-bond acceptors (Lipinski definition) is 2. The van der Waals surface area contributed by atoms with E-state index in [4.69, 9.17) is 0 Å². The zero-order chi connectivity index (χ0) is 8.81. The van der Waals surface area contributed by atoms with Crippen molar-refractivity contribution in [2.24, 2.45) is 0 Å². The van der Waals surface area contributed by atoms with E-state index < -0.39 is 0 Å². The van der Waals surface area contributed by atoms with Gasteiger partial charge in [-0.2, -0.15) is 11.8 Å². The third-order valence-electron chi connectivity index (χ3n) is 2.88. The molecule has 1 aliphatic carbocycles. The highest BCUT2D eigenvalue weighted by molar-refractivity contribution is 7.99. The summed E-state index contributed by atoms with van der Waals surface area (Å²) in [6, 6.07) is 0.764. The fourth-order valence-electron chi connectivity index (χ4n) is 2.06. The third kappa shape index (κ3) is 2.98. The fraction of sp³-hybridized carbons (Fsp3) is 1.00. The second-order valence-electron chi connectivity index (χ2n) is 3.66. The van der Waals surface area contributed by atoms with Crippen molar-refractivity contribution in [1.82, 2.24) is 5.32 Å². The van der Waals surface area contributed by atoms with Crippen LogP contribution in [0.5, 0.6) is 0 Å². The number of nitrogens with one attached hydrogen (secondary N) is 1. The lowest BCUT2D eigenvalue weighted by Gasteiger charge is -2.27. The zero-order valence-electron chi connectivity index (χ0n) is 8.31. The zero-order valence-corrected chi connectivity index (χ0v) is 9.12. The molecule has 0 radical (unpaired) electrons. The average molecular weight is 187 g/mol. The summed E-state index contributed by atoms with van der Waals surface area (Å²) in [5.74, 6) is 0. The summed E-state index contributed by atoms with van der Waals surface area (Å²) < 4.78 is 0. The van der Waals surface area contributed by atoms with E-state index in [9.17, 15) is 0 Å². The maximum atomic E-state index is 3.45. The van der Waals surface area contributed by atoms with Crippen LogP contribution in [0.25, 0.3) is 0 Å². The summed E-state index contributed by atoms with van der Waals surface area (Å²) in [4.78, 5) is 0. The van der Waals surface area contributed by atoms with Gasteiger partial charge in [0.05, 0.1) is 0 Å². The standard InChI is InChI=1S/C10H21NS/c1-11-9-7-5-3-4-6-8-10(9)12-2/h9-11H,3-8H2,1-2H3. The molecule has 1 fully saturated rings. The SMILES string of the molecule is CNC1CCCCCCC1SC. The second kappa shape index (κ2) is 5.87. The van der Waals surface area contributed by atoms with Gasteiger partial charge in [0.2, 0.25) is 0 Å². The summed E-state index contributed by atoms with van der Waals surface area (Å²) in [6.07, 6.45) is 10.8. The molecule has 2 unspecified atom stereocenters. The van der Waals surface area contributed by atoms with Gasteiger partial charge in [-0.05, 0) is 26.1 Å². The molecule has 0 aromatic carbocycles. The van der Waals surface area contributed by atoms with Crippen molar-refractivity contribution in [2.75, 3.05) is 13.3 Å². The first-order valence-electron chi connectivity index (χ1n) is 5.08. The minimum atomic E-state index is 0.764. The Morgan fingerprint density at radius 1 is 1.08 bits per heavy atom. The summed E-state index contributed by atoms with van der Waals surface area (Å²) in [5, 5.41) is 4.31. The molecule has 0 aromatic heterocycles. The van der Waals surface area contributed by atoms with Crippen molar-refractivity contribution in [3.8, 4) is 0 Å². The maximum Gasteiger partial charge on any atom is 0.0198 e. The molecule has 1 N–H and O–H groups in total. The molecule has 0 spiro atoms. The monoisotopic (exact) mass is 187 g/mol. The molecule has 12 heavy (non-hydrogen) atoms. The van der Waals surface area contributed by atoms with Crippen LogP contribution in [0.15, 0.2) is 0 Å². The van der Waals surface area contributed by atoms with Crippen LogP contribution in [0, 0.1) is 0 Å². The van der Waals surface area contributed by atoms with Crippen LogP contribution >= 0.6 is 11.8 Å². The van der Waals surface area contributed by atoms with Crippen molar-refractivity contribution in [2.45, 2.75) is 49.8 Å². The van der Waals surface area contributed by atoms with E-state index >= 15 is 0 Å². The summed E-state index contributed by atoms with van der Waals surface area (Å²) >= 11 is 2.04. The molecule has 0 amide bonds. The van der Waals surface area contributed by atoms with Gasteiger partial charge in [-0.1, -0.05) is 25.7 Å². The van der Waals surface area contributed by atoms with E-state index in [0.717, 1.165) is 11.3 Å². The van der Waals surface area contributed by atoms with Crippen LogP contribution in [0.1, 0.15) is 38.5 Å². The Hall–Kier alpha value is 0.310. The van der Waals surface area contributed by atoms with Gasteiger partial charge in [-0.15, -0.1) is 0 Å². The van der Waals surface area contributed by atoms with Crippen LogP contribution in [-0.2, 0) is 0 Å². The minimum Gasteiger partial charge on any atom is -0.316 e. The van der Waals surface area contributed by atoms with E-state index in [1.165, 1.54) is 38.5 Å². The Balaban J connectivity index is 2.39. The molecule has 2 atom stereocenters. The van der Waals surface area contributed by atoms with Gasteiger partial charge in [0, 0.05) is 11.3 Å². The van der Waals surface area contributed by atoms with E-state index in [2.05, 4.69) is 18.6 Å². The van der Waals surface area contributed by atoms with E-state index in [1.54, 1.807) is 0 Å². The highest BCUT2D eigenvalue weighted by Gasteiger charge is 2.19. The molecule has 0 aromatic rings. The largest absolute Gasteiger partial charge is 0.316 e. The van der Waals surface area contributed by atoms with Gasteiger partial charge < -0.3 is 5.32 Å².